The highest BCUT2D eigenvalue weighted by atomic mass is 79.9. The minimum Gasteiger partial charge on any atom is -0.495 e. The maximum absolute atomic E-state index is 11.5. The Kier molecular flexibility index (Phi) is 2.26. The van der Waals surface area contributed by atoms with Gasteiger partial charge in [-0.15, -0.1) is 0 Å². The van der Waals surface area contributed by atoms with Crippen LogP contribution in [-0.4, -0.2) is 25.8 Å². The molecule has 1 heterocycles. The third kappa shape index (κ3) is 1.34. The van der Waals surface area contributed by atoms with Crippen molar-refractivity contribution in [1.82, 2.24) is 0 Å². The molecule has 0 unspecified atom stereocenters. The maximum Gasteiger partial charge on any atom is 0.299 e. The molecular formula is C10H8BrNO3. The number of amides is 1. The maximum atomic E-state index is 11.5. The molecule has 1 aromatic carbocycles. The number of benzene rings is 1. The minimum absolute atomic E-state index is 0.412. The Bertz CT molecular complexity index is 470. The van der Waals surface area contributed by atoms with Crippen LogP contribution in [-0.2, 0) is 4.79 Å². The van der Waals surface area contributed by atoms with Crippen molar-refractivity contribution < 1.29 is 14.3 Å². The molecule has 1 amide bonds. The number of rotatable bonds is 1. The first-order valence-corrected chi connectivity index (χ1v) is 5.05. The first kappa shape index (κ1) is 10.2. The molecule has 0 radical (unpaired) electrons. The van der Waals surface area contributed by atoms with Crippen molar-refractivity contribution in [3.63, 3.8) is 0 Å². The van der Waals surface area contributed by atoms with Crippen LogP contribution in [0.4, 0.5) is 5.69 Å². The highest BCUT2D eigenvalue weighted by molar-refractivity contribution is 9.10. The van der Waals surface area contributed by atoms with E-state index in [1.54, 1.807) is 19.2 Å². The Morgan fingerprint density at radius 1 is 1.33 bits per heavy atom. The van der Waals surface area contributed by atoms with Crippen LogP contribution < -0.4 is 9.64 Å². The van der Waals surface area contributed by atoms with Crippen LogP contribution in [0.5, 0.6) is 5.75 Å². The summed E-state index contributed by atoms with van der Waals surface area (Å²) in [6.07, 6.45) is 0. The number of hydrogen-bond donors (Lipinski definition) is 0. The van der Waals surface area contributed by atoms with E-state index in [0.717, 1.165) is 0 Å². The third-order valence-electron chi connectivity index (χ3n) is 2.37. The van der Waals surface area contributed by atoms with Crippen LogP contribution in [0.25, 0.3) is 0 Å². The number of carbonyl (C=O) groups is 2. The molecule has 0 spiro atoms. The van der Waals surface area contributed by atoms with Crippen LogP contribution in [0.2, 0.25) is 0 Å². The number of nitrogens with zero attached hydrogens (tertiary/aromatic N) is 1. The number of methoxy groups -OCH3 is 1. The standard InChI is InChI=1S/C10H8BrNO3/c1-12-7-4-8(15-2)6(11)3-5(7)9(13)10(12)14/h3-4H,1-2H3. The normalized spacial score (nSPS) is 14.5. The Balaban J connectivity index is 2.65. The molecule has 5 heteroatoms. The highest BCUT2D eigenvalue weighted by Crippen LogP contribution is 2.36. The van der Waals surface area contributed by atoms with E-state index in [0.29, 0.717) is 21.5 Å². The summed E-state index contributed by atoms with van der Waals surface area (Å²) in [5.74, 6) is -0.385. The second kappa shape index (κ2) is 3.34. The number of ketones is 1. The lowest BCUT2D eigenvalue weighted by Gasteiger charge is -2.10. The molecule has 4 nitrogen and oxygen atoms in total. The van der Waals surface area contributed by atoms with Crippen molar-refractivity contribution in [3.8, 4) is 5.75 Å². The zero-order valence-electron chi connectivity index (χ0n) is 8.20. The summed E-state index contributed by atoms with van der Waals surface area (Å²) in [6, 6.07) is 3.28. The fourth-order valence-corrected chi connectivity index (χ4v) is 2.04. The Labute approximate surface area is 94.9 Å². The van der Waals surface area contributed by atoms with Crippen molar-refractivity contribution in [2.45, 2.75) is 0 Å². The number of anilines is 1. The van der Waals surface area contributed by atoms with Gasteiger partial charge in [0.25, 0.3) is 11.7 Å². The van der Waals surface area contributed by atoms with Gasteiger partial charge in [-0.1, -0.05) is 0 Å². The number of carbonyl (C=O) groups excluding carboxylic acids is 2. The van der Waals surface area contributed by atoms with E-state index >= 15 is 0 Å². The molecule has 2 rings (SSSR count). The van der Waals surface area contributed by atoms with E-state index in [4.69, 9.17) is 4.74 Å². The first-order chi connectivity index (χ1) is 7.06. The van der Waals surface area contributed by atoms with Crippen molar-refractivity contribution in [1.29, 1.82) is 0 Å². The average Bonchev–Trinajstić information content (AvgIpc) is 2.43. The molecular weight excluding hydrogens is 262 g/mol. The first-order valence-electron chi connectivity index (χ1n) is 4.26. The molecule has 0 N–H and O–H groups in total. The van der Waals surface area contributed by atoms with Gasteiger partial charge < -0.3 is 9.64 Å². The Hall–Kier alpha value is -1.36. The molecule has 0 bridgehead atoms. The van der Waals surface area contributed by atoms with E-state index in [9.17, 15) is 9.59 Å². The van der Waals surface area contributed by atoms with Gasteiger partial charge >= 0.3 is 0 Å². The predicted octanol–water partition coefficient (Wildman–Crippen LogP) is 1.62. The van der Waals surface area contributed by atoms with Crippen LogP contribution in [0.3, 0.4) is 0 Å². The van der Waals surface area contributed by atoms with E-state index in [-0.39, 0.29) is 0 Å². The van der Waals surface area contributed by atoms with Gasteiger partial charge in [0.05, 0.1) is 22.8 Å². The number of ether oxygens (including phenoxy) is 1. The summed E-state index contributed by atoms with van der Waals surface area (Å²) < 4.78 is 5.76. The van der Waals surface area contributed by atoms with Gasteiger partial charge in [-0.2, -0.15) is 0 Å². The summed E-state index contributed by atoms with van der Waals surface area (Å²) in [7, 11) is 3.10. The quantitative estimate of drug-likeness (QED) is 0.728. The van der Waals surface area contributed by atoms with Crippen LogP contribution in [0.1, 0.15) is 10.4 Å². The smallest absolute Gasteiger partial charge is 0.299 e. The number of hydrogen-bond acceptors (Lipinski definition) is 3. The van der Waals surface area contributed by atoms with Crippen molar-refractivity contribution in [3.05, 3.63) is 22.2 Å². The topological polar surface area (TPSA) is 46.6 Å². The lowest BCUT2D eigenvalue weighted by molar-refractivity contribution is -0.114. The largest absolute Gasteiger partial charge is 0.495 e. The van der Waals surface area contributed by atoms with E-state index < -0.39 is 11.7 Å². The molecule has 15 heavy (non-hydrogen) atoms. The summed E-state index contributed by atoms with van der Waals surface area (Å²) >= 11 is 3.27. The number of fused-ring (bicyclic) bond motifs is 1. The van der Waals surface area contributed by atoms with Gasteiger partial charge in [-0.25, -0.2) is 0 Å². The van der Waals surface area contributed by atoms with Gasteiger partial charge in [-0.3, -0.25) is 9.59 Å². The number of Topliss-reactive ketones (excluding diaryl/α,β-unsaturated/α-hetero) is 1. The molecule has 0 aromatic heterocycles. The van der Waals surface area contributed by atoms with Gasteiger partial charge in [0.2, 0.25) is 0 Å². The Morgan fingerprint density at radius 3 is 2.60 bits per heavy atom. The molecule has 1 aromatic rings. The summed E-state index contributed by atoms with van der Waals surface area (Å²) in [4.78, 5) is 24.2. The second-order valence-corrected chi connectivity index (χ2v) is 4.05. The summed E-state index contributed by atoms with van der Waals surface area (Å²) in [5, 5.41) is 0. The fraction of sp³-hybridized carbons (Fsp3) is 0.200. The van der Waals surface area contributed by atoms with E-state index in [2.05, 4.69) is 15.9 Å². The fourth-order valence-electron chi connectivity index (χ4n) is 1.54. The molecule has 0 saturated carbocycles. The number of likely N-dealkylation sites (N-methyl/N-ethyl adjacent to an activating group) is 1. The van der Waals surface area contributed by atoms with E-state index in [1.165, 1.54) is 12.0 Å². The summed E-state index contributed by atoms with van der Waals surface area (Å²) in [5.41, 5.74) is 1.00. The Morgan fingerprint density at radius 2 is 2.00 bits per heavy atom. The summed E-state index contributed by atoms with van der Waals surface area (Å²) in [6.45, 7) is 0. The minimum atomic E-state index is -0.509. The molecule has 1 aliphatic rings. The highest BCUT2D eigenvalue weighted by Gasteiger charge is 2.34. The van der Waals surface area contributed by atoms with Gasteiger partial charge in [-0.05, 0) is 22.0 Å². The number of halogens is 1. The lowest BCUT2D eigenvalue weighted by atomic mass is 10.1. The van der Waals surface area contributed by atoms with Crippen LogP contribution in [0.15, 0.2) is 16.6 Å². The van der Waals surface area contributed by atoms with Crippen LogP contribution >= 0.6 is 15.9 Å². The zero-order valence-corrected chi connectivity index (χ0v) is 9.79. The lowest BCUT2D eigenvalue weighted by Crippen LogP contribution is -2.24. The SMILES string of the molecule is COc1cc2c(cc1Br)C(=O)C(=O)N2C. The third-order valence-corrected chi connectivity index (χ3v) is 2.99. The monoisotopic (exact) mass is 269 g/mol. The predicted molar refractivity (Wildman–Crippen MR) is 58.4 cm³/mol. The molecule has 0 saturated heterocycles. The molecule has 0 fully saturated rings. The van der Waals surface area contributed by atoms with Gasteiger partial charge in [0.1, 0.15) is 5.75 Å². The van der Waals surface area contributed by atoms with Gasteiger partial charge in [0.15, 0.2) is 0 Å². The van der Waals surface area contributed by atoms with Crippen molar-refractivity contribution in [2.75, 3.05) is 19.1 Å². The molecule has 1 aliphatic heterocycles. The average molecular weight is 270 g/mol. The van der Waals surface area contributed by atoms with E-state index in [1.807, 2.05) is 0 Å². The molecule has 78 valence electrons. The van der Waals surface area contributed by atoms with Crippen LogP contribution in [0, 0.1) is 0 Å². The van der Waals surface area contributed by atoms with Crippen molar-refractivity contribution >= 4 is 33.3 Å². The molecule has 0 aliphatic carbocycles. The second-order valence-electron chi connectivity index (χ2n) is 3.20. The van der Waals surface area contributed by atoms with Gasteiger partial charge in [0, 0.05) is 13.1 Å². The molecule has 0 atom stereocenters. The zero-order chi connectivity index (χ0) is 11.2. The van der Waals surface area contributed by atoms with Crippen molar-refractivity contribution in [2.24, 2.45) is 0 Å².